The van der Waals surface area contributed by atoms with Gasteiger partial charge < -0.3 is 11.1 Å². The Labute approximate surface area is 104 Å². The average molecular weight is 236 g/mol. The average Bonchev–Trinajstić information content (AvgIpc) is 2.12. The highest BCUT2D eigenvalue weighted by molar-refractivity contribution is 5.85. The Bertz CT molecular complexity index is 307. The zero-order valence-corrected chi connectivity index (χ0v) is 11.0. The molecule has 0 atom stereocenters. The van der Waals surface area contributed by atoms with Crippen molar-refractivity contribution < 1.29 is 4.79 Å². The zero-order chi connectivity index (χ0) is 12.3. The molecule has 3 heteroatoms. The lowest BCUT2D eigenvalue weighted by molar-refractivity contribution is -0.131. The van der Waals surface area contributed by atoms with Crippen LogP contribution in [0, 0.1) is 17.8 Å². The topological polar surface area (TPSA) is 55.1 Å². The number of rotatable bonds is 2. The minimum atomic E-state index is -0.747. The number of hydrogen-bond donors (Lipinski definition) is 2. The second-order valence-electron chi connectivity index (χ2n) is 7.37. The van der Waals surface area contributed by atoms with Gasteiger partial charge >= 0.3 is 0 Å². The first kappa shape index (κ1) is 11.5. The molecule has 0 aliphatic heterocycles. The Morgan fingerprint density at radius 1 is 1.12 bits per heavy atom. The molecule has 3 nitrogen and oxygen atoms in total. The number of carbonyl (C=O) groups is 1. The number of nitrogens with one attached hydrogen (secondary N) is 1. The summed E-state index contributed by atoms with van der Waals surface area (Å²) in [6, 6.07) is 0. The summed E-state index contributed by atoms with van der Waals surface area (Å²) >= 11 is 0. The van der Waals surface area contributed by atoms with Crippen molar-refractivity contribution in [1.82, 2.24) is 5.32 Å². The van der Waals surface area contributed by atoms with Gasteiger partial charge in [0, 0.05) is 5.54 Å². The molecule has 0 radical (unpaired) electrons. The lowest BCUT2D eigenvalue weighted by Gasteiger charge is -2.57. The molecule has 0 unspecified atom stereocenters. The quantitative estimate of drug-likeness (QED) is 0.768. The van der Waals surface area contributed by atoms with Crippen LogP contribution in [-0.2, 0) is 4.79 Å². The third-order valence-corrected chi connectivity index (χ3v) is 5.00. The molecule has 4 aliphatic carbocycles. The third-order valence-electron chi connectivity index (χ3n) is 5.00. The van der Waals surface area contributed by atoms with Gasteiger partial charge in [0.25, 0.3) is 0 Å². The molecule has 4 aliphatic rings. The fraction of sp³-hybridized carbons (Fsp3) is 0.929. The second-order valence-corrected chi connectivity index (χ2v) is 7.37. The van der Waals surface area contributed by atoms with Crippen LogP contribution < -0.4 is 11.1 Å². The van der Waals surface area contributed by atoms with Crippen LogP contribution in [0.2, 0.25) is 0 Å². The fourth-order valence-electron chi connectivity index (χ4n) is 4.67. The van der Waals surface area contributed by atoms with Crippen LogP contribution in [0.1, 0.15) is 52.4 Å². The Morgan fingerprint density at radius 3 is 1.88 bits per heavy atom. The van der Waals surface area contributed by atoms with E-state index in [4.69, 9.17) is 5.73 Å². The van der Waals surface area contributed by atoms with Crippen LogP contribution in [0.5, 0.6) is 0 Å². The minimum Gasteiger partial charge on any atom is -0.349 e. The van der Waals surface area contributed by atoms with Gasteiger partial charge in [-0.05, 0) is 70.1 Å². The molecule has 0 saturated heterocycles. The number of hydrogen-bond acceptors (Lipinski definition) is 2. The predicted octanol–water partition coefficient (Wildman–Crippen LogP) is 1.81. The molecule has 0 aromatic heterocycles. The maximum Gasteiger partial charge on any atom is 0.239 e. The molecule has 4 bridgehead atoms. The van der Waals surface area contributed by atoms with Gasteiger partial charge in [0.05, 0.1) is 5.54 Å². The van der Waals surface area contributed by atoms with Gasteiger partial charge in [-0.15, -0.1) is 0 Å². The summed E-state index contributed by atoms with van der Waals surface area (Å²) in [5.74, 6) is 2.62. The summed E-state index contributed by atoms with van der Waals surface area (Å²) in [5.41, 5.74) is 5.25. The van der Waals surface area contributed by atoms with E-state index in [1.807, 2.05) is 0 Å². The number of nitrogens with two attached hydrogens (primary N) is 1. The normalized spacial score (nSPS) is 43.8. The van der Waals surface area contributed by atoms with E-state index in [0.29, 0.717) is 0 Å². The van der Waals surface area contributed by atoms with E-state index in [-0.39, 0.29) is 11.4 Å². The molecule has 3 N–H and O–H groups in total. The van der Waals surface area contributed by atoms with Crippen molar-refractivity contribution >= 4 is 5.91 Å². The van der Waals surface area contributed by atoms with Crippen molar-refractivity contribution in [3.05, 3.63) is 0 Å². The zero-order valence-electron chi connectivity index (χ0n) is 11.0. The number of carbonyl (C=O) groups excluding carboxylic acids is 1. The Kier molecular flexibility index (Phi) is 2.35. The molecule has 4 rings (SSSR count). The summed E-state index contributed by atoms with van der Waals surface area (Å²) in [7, 11) is 0. The minimum absolute atomic E-state index is 0.0273. The molecule has 0 heterocycles. The van der Waals surface area contributed by atoms with E-state index in [1.165, 1.54) is 38.5 Å². The Balaban J connectivity index is 1.76. The molecule has 96 valence electrons. The molecule has 4 saturated carbocycles. The molecule has 1 amide bonds. The first-order valence-corrected chi connectivity index (χ1v) is 6.98. The van der Waals surface area contributed by atoms with Gasteiger partial charge in [0.2, 0.25) is 5.91 Å². The first-order valence-electron chi connectivity index (χ1n) is 6.98. The largest absolute Gasteiger partial charge is 0.349 e. The Hall–Kier alpha value is -0.570. The van der Waals surface area contributed by atoms with Gasteiger partial charge in [0.1, 0.15) is 0 Å². The fourth-order valence-corrected chi connectivity index (χ4v) is 4.67. The highest BCUT2D eigenvalue weighted by Gasteiger charge is 2.52. The molecule has 4 fully saturated rings. The van der Waals surface area contributed by atoms with Gasteiger partial charge in [-0.25, -0.2) is 0 Å². The van der Waals surface area contributed by atoms with E-state index in [1.54, 1.807) is 13.8 Å². The summed E-state index contributed by atoms with van der Waals surface area (Å²) in [6.07, 6.45) is 7.80. The smallest absolute Gasteiger partial charge is 0.239 e. The summed E-state index contributed by atoms with van der Waals surface area (Å²) < 4.78 is 0. The summed E-state index contributed by atoms with van der Waals surface area (Å²) in [4.78, 5) is 12.1. The molecular weight excluding hydrogens is 212 g/mol. The standard InChI is InChI=1S/C14H24N2O/c1-13(2,15)12(17)16-14-6-9-3-10(7-14)5-11(4-9)8-14/h9-11H,3-8,15H2,1-2H3,(H,16,17). The van der Waals surface area contributed by atoms with Crippen LogP contribution in [-0.4, -0.2) is 17.0 Å². The summed E-state index contributed by atoms with van der Waals surface area (Å²) in [5, 5.41) is 3.30. The lowest BCUT2D eigenvalue weighted by atomic mass is 9.53. The van der Waals surface area contributed by atoms with Crippen molar-refractivity contribution in [2.45, 2.75) is 63.5 Å². The van der Waals surface area contributed by atoms with Crippen LogP contribution in [0.4, 0.5) is 0 Å². The highest BCUT2D eigenvalue weighted by atomic mass is 16.2. The van der Waals surface area contributed by atoms with E-state index in [9.17, 15) is 4.79 Å². The third kappa shape index (κ3) is 1.99. The summed E-state index contributed by atoms with van der Waals surface area (Å²) in [6.45, 7) is 3.59. The van der Waals surface area contributed by atoms with Crippen LogP contribution in [0.15, 0.2) is 0 Å². The predicted molar refractivity (Wildman–Crippen MR) is 67.3 cm³/mol. The van der Waals surface area contributed by atoms with E-state index in [0.717, 1.165) is 17.8 Å². The molecule has 0 aromatic rings. The SMILES string of the molecule is CC(C)(N)C(=O)NC12CC3CC(CC(C3)C1)C2. The molecule has 17 heavy (non-hydrogen) atoms. The maximum absolute atomic E-state index is 12.1. The van der Waals surface area contributed by atoms with E-state index >= 15 is 0 Å². The molecular formula is C14H24N2O. The van der Waals surface area contributed by atoms with Crippen LogP contribution in [0.25, 0.3) is 0 Å². The number of amides is 1. The van der Waals surface area contributed by atoms with Crippen molar-refractivity contribution in [2.75, 3.05) is 0 Å². The molecule has 0 spiro atoms. The van der Waals surface area contributed by atoms with Crippen molar-refractivity contribution in [1.29, 1.82) is 0 Å². The van der Waals surface area contributed by atoms with Crippen LogP contribution >= 0.6 is 0 Å². The van der Waals surface area contributed by atoms with E-state index < -0.39 is 5.54 Å². The van der Waals surface area contributed by atoms with Crippen LogP contribution in [0.3, 0.4) is 0 Å². The second kappa shape index (κ2) is 3.47. The monoisotopic (exact) mass is 236 g/mol. The van der Waals surface area contributed by atoms with Crippen molar-refractivity contribution in [3.8, 4) is 0 Å². The van der Waals surface area contributed by atoms with Gasteiger partial charge in [-0.1, -0.05) is 0 Å². The highest BCUT2D eigenvalue weighted by Crippen LogP contribution is 2.55. The first-order chi connectivity index (χ1) is 7.86. The Morgan fingerprint density at radius 2 is 1.53 bits per heavy atom. The van der Waals surface area contributed by atoms with Gasteiger partial charge in [-0.2, -0.15) is 0 Å². The maximum atomic E-state index is 12.1. The van der Waals surface area contributed by atoms with Gasteiger partial charge in [-0.3, -0.25) is 4.79 Å². The lowest BCUT2D eigenvalue weighted by Crippen LogP contribution is -2.64. The van der Waals surface area contributed by atoms with Crippen molar-refractivity contribution in [2.24, 2.45) is 23.5 Å². The van der Waals surface area contributed by atoms with Crippen molar-refractivity contribution in [3.63, 3.8) is 0 Å². The molecule has 0 aromatic carbocycles. The van der Waals surface area contributed by atoms with Gasteiger partial charge in [0.15, 0.2) is 0 Å². The van der Waals surface area contributed by atoms with E-state index in [2.05, 4.69) is 5.32 Å².